The molecule has 0 spiro atoms. The summed E-state index contributed by atoms with van der Waals surface area (Å²) in [4.78, 5) is 55.2. The highest BCUT2D eigenvalue weighted by molar-refractivity contribution is 6.58. The number of carbonyl (C=O) groups is 4. The number of fused-ring (bicyclic) bond motifs is 4. The molecule has 0 bridgehead atoms. The molecule has 6 atom stereocenters. The lowest BCUT2D eigenvalue weighted by molar-refractivity contribution is -0.125. The molecule has 1 N–H and O–H groups in total. The normalized spacial score (nSPS) is 27.5. The number of halogens is 7. The minimum atomic E-state index is -2.80. The van der Waals surface area contributed by atoms with Gasteiger partial charge in [0.05, 0.1) is 30.7 Å². The number of morpholine rings is 1. The fourth-order valence-corrected chi connectivity index (χ4v) is 10.3. The molecule has 5 aliphatic rings. The second-order valence-corrected chi connectivity index (χ2v) is 16.6. The van der Waals surface area contributed by atoms with Gasteiger partial charge in [0, 0.05) is 36.3 Å². The van der Waals surface area contributed by atoms with Gasteiger partial charge in [0.15, 0.2) is 33.0 Å². The van der Waals surface area contributed by atoms with Gasteiger partial charge in [-0.15, -0.1) is 23.2 Å². The fourth-order valence-electron chi connectivity index (χ4n) is 9.40. The number of imide groups is 2. The number of rotatable bonds is 7. The molecule has 3 aliphatic heterocycles. The number of hydrogen-bond acceptors (Lipinski definition) is 8. The molecule has 4 aromatic carbocycles. The van der Waals surface area contributed by atoms with Crippen LogP contribution in [0.15, 0.2) is 84.4 Å². The molecule has 9 rings (SSSR count). The summed E-state index contributed by atoms with van der Waals surface area (Å²) in [6.07, 6.45) is 0.815. The number of benzene rings is 4. The number of hydrogen-bond donors (Lipinski definition) is 1. The maximum Gasteiger partial charge on any atom is 0.258 e. The molecular weight excluding hydrogens is 836 g/mol. The predicted molar refractivity (Wildman–Crippen MR) is 207 cm³/mol. The number of alkyl halides is 2. The van der Waals surface area contributed by atoms with Crippen LogP contribution in [0.4, 0.5) is 39.0 Å². The first kappa shape index (κ1) is 39.9. The first-order valence-electron chi connectivity index (χ1n) is 19.0. The third-order valence-electron chi connectivity index (χ3n) is 12.3. The molecular formula is C43H32Cl2F5N3O7. The second kappa shape index (κ2) is 14.6. The number of carbonyl (C=O) groups excluding carboxylic acids is 4. The summed E-state index contributed by atoms with van der Waals surface area (Å²) in [6.45, 7) is 2.46. The minimum Gasteiger partial charge on any atom is -0.508 e. The van der Waals surface area contributed by atoms with Crippen molar-refractivity contribution in [1.29, 1.82) is 0 Å². The molecule has 0 aromatic heterocycles. The van der Waals surface area contributed by atoms with Crippen molar-refractivity contribution in [2.45, 2.75) is 35.1 Å². The zero-order valence-corrected chi connectivity index (χ0v) is 32.7. The standard InChI is InChI=1S/C43H32Cl2F5N3O7/c44-42-19-28-25(12-13-27-30(28)39(56)52(38(27)55)23-8-6-22(7-9-23)51-14-16-59-17-15-51)31(26-11-10-24(18-29(26)54)60-20-21-4-2-1-3-5-21)43(42,45)41(58)53(40(42)57)37-35(49)33(47)32(46)34(48)36(37)50/h1-12,18,27-28,30-31,54H,13-17,19-20H2. The lowest BCUT2D eigenvalue weighted by Gasteiger charge is -2.50. The Morgan fingerprint density at radius 3 is 2.03 bits per heavy atom. The number of phenolic OH excluding ortho intramolecular Hbond substituents is 1. The molecule has 3 heterocycles. The number of ether oxygens (including phenoxy) is 2. The quantitative estimate of drug-likeness (QED) is 0.0516. The Hall–Kier alpha value is -5.51. The van der Waals surface area contributed by atoms with E-state index in [-0.39, 0.29) is 40.5 Å². The molecule has 17 heteroatoms. The molecule has 310 valence electrons. The van der Waals surface area contributed by atoms with Crippen LogP contribution in [0.5, 0.6) is 11.5 Å². The molecule has 1 saturated carbocycles. The maximum absolute atomic E-state index is 15.4. The van der Waals surface area contributed by atoms with Gasteiger partial charge >= 0.3 is 0 Å². The Kier molecular flexibility index (Phi) is 9.71. The number of phenols is 1. The Morgan fingerprint density at radius 1 is 0.750 bits per heavy atom. The van der Waals surface area contributed by atoms with Crippen LogP contribution < -0.4 is 19.4 Å². The van der Waals surface area contributed by atoms with Crippen LogP contribution in [0, 0.1) is 46.8 Å². The monoisotopic (exact) mass is 867 g/mol. The van der Waals surface area contributed by atoms with E-state index < -0.39 is 104 Å². The largest absolute Gasteiger partial charge is 0.508 e. The second-order valence-electron chi connectivity index (χ2n) is 15.3. The van der Waals surface area contributed by atoms with E-state index >= 15 is 8.78 Å². The van der Waals surface area contributed by atoms with Crippen LogP contribution in [0.2, 0.25) is 0 Å². The van der Waals surface area contributed by atoms with E-state index in [1.165, 1.54) is 18.2 Å². The van der Waals surface area contributed by atoms with E-state index in [1.807, 2.05) is 18.2 Å². The fraction of sp³-hybridized carbons (Fsp3) is 0.302. The van der Waals surface area contributed by atoms with Crippen molar-refractivity contribution in [3.05, 3.63) is 125 Å². The van der Waals surface area contributed by atoms with Gasteiger partial charge in [0.2, 0.25) is 17.6 Å². The van der Waals surface area contributed by atoms with Crippen molar-refractivity contribution in [1.82, 2.24) is 0 Å². The van der Waals surface area contributed by atoms with Crippen LogP contribution in [0.3, 0.4) is 0 Å². The molecule has 0 radical (unpaired) electrons. The molecule has 2 aliphatic carbocycles. The van der Waals surface area contributed by atoms with Crippen molar-refractivity contribution in [2.24, 2.45) is 17.8 Å². The number of aromatic hydroxyl groups is 1. The summed E-state index contributed by atoms with van der Waals surface area (Å²) in [5.74, 6) is -22.3. The van der Waals surface area contributed by atoms with E-state index in [0.29, 0.717) is 26.3 Å². The molecule has 4 fully saturated rings. The average Bonchev–Trinajstić information content (AvgIpc) is 3.60. The lowest BCUT2D eigenvalue weighted by Crippen LogP contribution is -2.60. The highest BCUT2D eigenvalue weighted by Crippen LogP contribution is 2.67. The van der Waals surface area contributed by atoms with Crippen LogP contribution >= 0.6 is 23.2 Å². The number of allylic oxidation sites excluding steroid dienone is 2. The summed E-state index contributed by atoms with van der Waals surface area (Å²) in [7, 11) is 0. The molecule has 6 unspecified atom stereocenters. The first-order chi connectivity index (χ1) is 28.7. The molecule has 3 saturated heterocycles. The van der Waals surface area contributed by atoms with Gasteiger partial charge in [0.25, 0.3) is 11.8 Å². The number of amides is 4. The maximum atomic E-state index is 15.4. The van der Waals surface area contributed by atoms with E-state index in [2.05, 4.69) is 4.90 Å². The van der Waals surface area contributed by atoms with Gasteiger partial charge in [-0.05, 0) is 54.7 Å². The van der Waals surface area contributed by atoms with Gasteiger partial charge in [-0.3, -0.25) is 24.1 Å². The van der Waals surface area contributed by atoms with Gasteiger partial charge < -0.3 is 19.5 Å². The summed E-state index contributed by atoms with van der Waals surface area (Å²) < 4.78 is 85.6. The highest BCUT2D eigenvalue weighted by Gasteiger charge is 2.77. The van der Waals surface area contributed by atoms with Crippen molar-refractivity contribution in [3.8, 4) is 11.5 Å². The molecule has 4 amide bonds. The van der Waals surface area contributed by atoms with Crippen LogP contribution in [-0.2, 0) is 30.5 Å². The molecule has 10 nitrogen and oxygen atoms in total. The Labute approximate surface area is 348 Å². The third-order valence-corrected chi connectivity index (χ3v) is 13.7. The predicted octanol–water partition coefficient (Wildman–Crippen LogP) is 7.27. The van der Waals surface area contributed by atoms with Gasteiger partial charge in [-0.2, -0.15) is 0 Å². The zero-order chi connectivity index (χ0) is 42.4. The third kappa shape index (κ3) is 5.76. The van der Waals surface area contributed by atoms with E-state index in [9.17, 15) is 37.5 Å². The Morgan fingerprint density at radius 2 is 1.38 bits per heavy atom. The van der Waals surface area contributed by atoms with Crippen LogP contribution in [0.1, 0.15) is 29.9 Å². The minimum absolute atomic E-state index is 0.0648. The smallest absolute Gasteiger partial charge is 0.258 e. The van der Waals surface area contributed by atoms with Crippen molar-refractivity contribution < 1.29 is 55.7 Å². The Balaban J connectivity index is 1.14. The number of anilines is 3. The van der Waals surface area contributed by atoms with Gasteiger partial charge in [0.1, 0.15) is 23.8 Å². The first-order valence-corrected chi connectivity index (χ1v) is 19.7. The zero-order valence-electron chi connectivity index (χ0n) is 31.1. The van der Waals surface area contributed by atoms with Gasteiger partial charge in [-0.1, -0.05) is 48.0 Å². The summed E-state index contributed by atoms with van der Waals surface area (Å²) >= 11 is 14.5. The van der Waals surface area contributed by atoms with Crippen molar-refractivity contribution in [2.75, 3.05) is 41.0 Å². The van der Waals surface area contributed by atoms with Crippen molar-refractivity contribution >= 4 is 63.9 Å². The van der Waals surface area contributed by atoms with Crippen LogP contribution in [-0.4, -0.2) is 64.8 Å². The highest BCUT2D eigenvalue weighted by atomic mass is 35.5. The SMILES string of the molecule is O=C1C2CC=C3C(CC4(Cl)C(=O)N(c5c(F)c(F)c(F)c(F)c5F)C(=O)C4(Cl)C3c3ccc(OCc4ccccc4)cc3O)C2C(=O)N1c1ccc(N2CCOCC2)cc1. The van der Waals surface area contributed by atoms with E-state index in [1.54, 1.807) is 42.5 Å². The average molecular weight is 869 g/mol. The van der Waals surface area contributed by atoms with Crippen molar-refractivity contribution in [3.63, 3.8) is 0 Å². The van der Waals surface area contributed by atoms with Gasteiger partial charge in [-0.25, -0.2) is 26.9 Å². The topological polar surface area (TPSA) is 117 Å². The molecule has 60 heavy (non-hydrogen) atoms. The van der Waals surface area contributed by atoms with Crippen LogP contribution in [0.25, 0.3) is 0 Å². The molecule has 4 aromatic rings. The summed E-state index contributed by atoms with van der Waals surface area (Å²) in [5, 5.41) is 11.6. The lowest BCUT2D eigenvalue weighted by atomic mass is 9.56. The number of nitrogens with zero attached hydrogens (tertiary/aromatic N) is 3. The van der Waals surface area contributed by atoms with E-state index in [4.69, 9.17) is 32.7 Å². The Bertz CT molecular complexity index is 2500. The summed E-state index contributed by atoms with van der Waals surface area (Å²) in [5.41, 5.74) is 0.0827. The van der Waals surface area contributed by atoms with E-state index in [0.717, 1.165) is 16.2 Å². The summed E-state index contributed by atoms with van der Waals surface area (Å²) in [6, 6.07) is 19.8.